The SMILES string of the molecule is CCc1nc(-c2cnc(N)c(OC(F)F)c2)cc(C2[C@H]3CN(CCCO)C[C@@H]23)n1. The summed E-state index contributed by atoms with van der Waals surface area (Å²) in [5.41, 5.74) is 7.86. The molecule has 7 nitrogen and oxygen atoms in total. The molecule has 1 unspecified atom stereocenters. The van der Waals surface area contributed by atoms with Crippen molar-refractivity contribution in [2.24, 2.45) is 11.8 Å². The van der Waals surface area contributed by atoms with Crippen LogP contribution in [-0.2, 0) is 6.42 Å². The van der Waals surface area contributed by atoms with Crippen molar-refractivity contribution in [2.45, 2.75) is 32.3 Å². The molecule has 1 aliphatic carbocycles. The maximum Gasteiger partial charge on any atom is 0.387 e. The maximum absolute atomic E-state index is 12.6. The van der Waals surface area contributed by atoms with Crippen molar-refractivity contribution in [3.8, 4) is 17.0 Å². The molecule has 2 fully saturated rings. The van der Waals surface area contributed by atoms with E-state index in [1.54, 1.807) is 0 Å². The normalized spacial score (nSPS) is 23.4. The first-order valence-electron chi connectivity index (χ1n) is 9.92. The van der Waals surface area contributed by atoms with Crippen molar-refractivity contribution in [1.29, 1.82) is 0 Å². The van der Waals surface area contributed by atoms with Gasteiger partial charge in [0, 0.05) is 56.0 Å². The van der Waals surface area contributed by atoms with E-state index < -0.39 is 6.61 Å². The van der Waals surface area contributed by atoms with E-state index in [4.69, 9.17) is 15.8 Å². The summed E-state index contributed by atoms with van der Waals surface area (Å²) in [7, 11) is 0. The number of aliphatic hydroxyl groups is 1. The van der Waals surface area contributed by atoms with Gasteiger partial charge in [-0.05, 0) is 30.4 Å². The highest BCUT2D eigenvalue weighted by Gasteiger charge is 2.56. The van der Waals surface area contributed by atoms with E-state index in [-0.39, 0.29) is 18.2 Å². The zero-order valence-electron chi connectivity index (χ0n) is 16.3. The highest BCUT2D eigenvalue weighted by molar-refractivity contribution is 5.64. The van der Waals surface area contributed by atoms with Crippen LogP contribution in [0.5, 0.6) is 5.75 Å². The van der Waals surface area contributed by atoms with Gasteiger partial charge in [-0.15, -0.1) is 0 Å². The molecule has 0 spiro atoms. The van der Waals surface area contributed by atoms with Crippen molar-refractivity contribution in [2.75, 3.05) is 32.0 Å². The van der Waals surface area contributed by atoms with Gasteiger partial charge in [-0.1, -0.05) is 6.92 Å². The predicted octanol–water partition coefficient (Wildman–Crippen LogP) is 2.31. The lowest BCUT2D eigenvalue weighted by Crippen LogP contribution is -2.26. The Balaban J connectivity index is 1.56. The molecule has 1 saturated heterocycles. The molecule has 2 aromatic heterocycles. The van der Waals surface area contributed by atoms with Gasteiger partial charge in [0.2, 0.25) is 0 Å². The zero-order chi connectivity index (χ0) is 20.5. The van der Waals surface area contributed by atoms with Gasteiger partial charge in [0.15, 0.2) is 11.6 Å². The number of aryl methyl sites for hydroxylation is 1. The summed E-state index contributed by atoms with van der Waals surface area (Å²) in [6.45, 7) is 2.20. The smallest absolute Gasteiger partial charge is 0.387 e. The molecule has 2 aromatic rings. The number of alkyl halides is 2. The molecule has 4 rings (SSSR count). The van der Waals surface area contributed by atoms with E-state index in [1.165, 1.54) is 12.3 Å². The van der Waals surface area contributed by atoms with E-state index >= 15 is 0 Å². The van der Waals surface area contributed by atoms with E-state index in [0.29, 0.717) is 41.3 Å². The van der Waals surface area contributed by atoms with E-state index in [1.807, 2.05) is 13.0 Å². The standard InChI is InChI=1S/C20H25F2N5O2/c1-2-17-25-14(11-6-16(29-20(21)22)19(23)24-8-11)7-15(26-17)18-12-9-27(4-3-5-28)10-13(12)18/h6-8,12-13,18,20,28H,2-5,9-10H2,1H3,(H2,23,24)/t12-,13+,18?. The summed E-state index contributed by atoms with van der Waals surface area (Å²) in [4.78, 5) is 15.7. The summed E-state index contributed by atoms with van der Waals surface area (Å²) in [6, 6.07) is 3.38. The molecule has 156 valence electrons. The summed E-state index contributed by atoms with van der Waals surface area (Å²) in [5, 5.41) is 9.01. The number of aliphatic hydroxyl groups excluding tert-OH is 1. The van der Waals surface area contributed by atoms with Crippen LogP contribution in [0.15, 0.2) is 18.3 Å². The Labute approximate surface area is 167 Å². The summed E-state index contributed by atoms with van der Waals surface area (Å²) in [5.74, 6) is 2.02. The number of nitrogens with zero attached hydrogens (tertiary/aromatic N) is 4. The number of halogens is 2. The van der Waals surface area contributed by atoms with Crippen LogP contribution in [0, 0.1) is 11.8 Å². The van der Waals surface area contributed by atoms with Crippen LogP contribution in [-0.4, -0.2) is 57.8 Å². The van der Waals surface area contributed by atoms with E-state index in [2.05, 4.69) is 19.6 Å². The Morgan fingerprint density at radius 1 is 1.28 bits per heavy atom. The molecule has 0 aromatic carbocycles. The second kappa shape index (κ2) is 8.16. The lowest BCUT2D eigenvalue weighted by Gasteiger charge is -2.19. The number of likely N-dealkylation sites (tertiary alicyclic amines) is 1. The molecule has 9 heteroatoms. The fourth-order valence-electron chi connectivity index (χ4n) is 4.31. The molecule has 29 heavy (non-hydrogen) atoms. The first-order valence-corrected chi connectivity index (χ1v) is 9.92. The zero-order valence-corrected chi connectivity index (χ0v) is 16.3. The van der Waals surface area contributed by atoms with Crippen molar-refractivity contribution in [3.63, 3.8) is 0 Å². The van der Waals surface area contributed by atoms with Crippen molar-refractivity contribution < 1.29 is 18.6 Å². The molecule has 0 radical (unpaired) electrons. The Kier molecular flexibility index (Phi) is 5.60. The van der Waals surface area contributed by atoms with Gasteiger partial charge >= 0.3 is 6.61 Å². The number of pyridine rings is 1. The molecule has 1 saturated carbocycles. The minimum absolute atomic E-state index is 0.0845. The van der Waals surface area contributed by atoms with Crippen molar-refractivity contribution in [1.82, 2.24) is 19.9 Å². The third kappa shape index (κ3) is 4.16. The van der Waals surface area contributed by atoms with Crippen LogP contribution < -0.4 is 10.5 Å². The average molecular weight is 405 g/mol. The Bertz CT molecular complexity index is 870. The minimum Gasteiger partial charge on any atom is -0.431 e. The number of piperidine rings is 1. The number of aromatic nitrogens is 3. The van der Waals surface area contributed by atoms with Crippen LogP contribution in [0.3, 0.4) is 0 Å². The number of ether oxygens (including phenoxy) is 1. The van der Waals surface area contributed by atoms with Crippen molar-refractivity contribution >= 4 is 5.82 Å². The Morgan fingerprint density at radius 2 is 2.03 bits per heavy atom. The molecular formula is C20H25F2N5O2. The fraction of sp³-hybridized carbons (Fsp3) is 0.550. The number of rotatable bonds is 8. The van der Waals surface area contributed by atoms with Gasteiger partial charge in [0.25, 0.3) is 0 Å². The molecule has 0 bridgehead atoms. The molecular weight excluding hydrogens is 380 g/mol. The van der Waals surface area contributed by atoms with Crippen LogP contribution in [0.1, 0.15) is 30.8 Å². The minimum atomic E-state index is -2.97. The topological polar surface area (TPSA) is 97.4 Å². The second-order valence-corrected chi connectivity index (χ2v) is 7.62. The van der Waals surface area contributed by atoms with Gasteiger partial charge in [-0.25, -0.2) is 15.0 Å². The number of nitrogens with two attached hydrogens (primary N) is 1. The van der Waals surface area contributed by atoms with E-state index in [9.17, 15) is 8.78 Å². The summed E-state index contributed by atoms with van der Waals surface area (Å²) in [6.07, 6.45) is 2.99. The van der Waals surface area contributed by atoms with Crippen LogP contribution in [0.25, 0.3) is 11.3 Å². The average Bonchev–Trinajstić information content (AvgIpc) is 3.22. The lowest BCUT2D eigenvalue weighted by molar-refractivity contribution is -0.0494. The molecule has 1 aliphatic heterocycles. The first-order chi connectivity index (χ1) is 14.0. The third-order valence-corrected chi connectivity index (χ3v) is 5.75. The number of hydrogen-bond donors (Lipinski definition) is 2. The Hall–Kier alpha value is -2.39. The van der Waals surface area contributed by atoms with Gasteiger partial charge in [-0.2, -0.15) is 8.78 Å². The molecule has 3 N–H and O–H groups in total. The lowest BCUT2D eigenvalue weighted by atomic mass is 10.1. The van der Waals surface area contributed by atoms with Gasteiger partial charge < -0.3 is 20.5 Å². The third-order valence-electron chi connectivity index (χ3n) is 5.75. The molecule has 3 heterocycles. The number of nitrogen functional groups attached to an aromatic ring is 1. The number of fused-ring (bicyclic) bond motifs is 1. The predicted molar refractivity (Wildman–Crippen MR) is 104 cm³/mol. The van der Waals surface area contributed by atoms with Crippen LogP contribution in [0.2, 0.25) is 0 Å². The summed E-state index contributed by atoms with van der Waals surface area (Å²) < 4.78 is 29.7. The number of hydrogen-bond acceptors (Lipinski definition) is 7. The quantitative estimate of drug-likeness (QED) is 0.696. The van der Waals surface area contributed by atoms with Gasteiger partial charge in [-0.3, -0.25) is 0 Å². The molecule has 0 amide bonds. The van der Waals surface area contributed by atoms with E-state index in [0.717, 1.165) is 31.7 Å². The largest absolute Gasteiger partial charge is 0.431 e. The Morgan fingerprint density at radius 3 is 2.69 bits per heavy atom. The monoisotopic (exact) mass is 405 g/mol. The molecule has 3 atom stereocenters. The highest BCUT2D eigenvalue weighted by Crippen LogP contribution is 2.57. The van der Waals surface area contributed by atoms with Crippen molar-refractivity contribution in [3.05, 3.63) is 29.8 Å². The van der Waals surface area contributed by atoms with Gasteiger partial charge in [0.1, 0.15) is 5.82 Å². The first kappa shape index (κ1) is 19.9. The molecule has 2 aliphatic rings. The highest BCUT2D eigenvalue weighted by atomic mass is 19.3. The summed E-state index contributed by atoms with van der Waals surface area (Å²) >= 11 is 0. The maximum atomic E-state index is 12.6. The number of anilines is 1. The van der Waals surface area contributed by atoms with Crippen LogP contribution >= 0.6 is 0 Å². The van der Waals surface area contributed by atoms with Gasteiger partial charge in [0.05, 0.1) is 5.69 Å². The second-order valence-electron chi connectivity index (χ2n) is 7.62. The van der Waals surface area contributed by atoms with Crippen LogP contribution in [0.4, 0.5) is 14.6 Å². The fourth-order valence-corrected chi connectivity index (χ4v) is 4.31.